The van der Waals surface area contributed by atoms with Crippen LogP contribution in [0.3, 0.4) is 0 Å². The summed E-state index contributed by atoms with van der Waals surface area (Å²) in [6.07, 6.45) is 2.00. The number of aromatic nitrogens is 2. The number of nitrogens with zero attached hydrogens (tertiary/aromatic N) is 2. The summed E-state index contributed by atoms with van der Waals surface area (Å²) in [6, 6.07) is 0. The lowest BCUT2D eigenvalue weighted by Crippen LogP contribution is -2.41. The van der Waals surface area contributed by atoms with Gasteiger partial charge in [0.25, 0.3) is 0 Å². The summed E-state index contributed by atoms with van der Waals surface area (Å²) in [5, 5.41) is 0.0530. The van der Waals surface area contributed by atoms with Crippen molar-refractivity contribution in [2.45, 2.75) is 38.9 Å². The lowest BCUT2D eigenvalue weighted by molar-refractivity contribution is 0.00578. The van der Waals surface area contributed by atoms with Crippen molar-refractivity contribution in [3.05, 3.63) is 17.0 Å². The Hall–Kier alpha value is -0.975. The first-order valence-corrected chi connectivity index (χ1v) is 5.98. The van der Waals surface area contributed by atoms with Crippen LogP contribution in [0.2, 0.25) is 5.15 Å². The molecule has 0 aromatic carbocycles. The van der Waals surface area contributed by atoms with Crippen molar-refractivity contribution in [1.82, 2.24) is 9.97 Å². The van der Waals surface area contributed by atoms with Crippen molar-refractivity contribution < 1.29 is 14.1 Å². The number of hydrogen-bond donors (Lipinski definition) is 0. The lowest BCUT2D eigenvalue weighted by Gasteiger charge is -2.32. The summed E-state index contributed by atoms with van der Waals surface area (Å²) in [7, 11) is -0.624. The zero-order valence-corrected chi connectivity index (χ0v) is 11.5. The summed E-state index contributed by atoms with van der Waals surface area (Å²) in [5.41, 5.74) is -0.328. The van der Waals surface area contributed by atoms with Crippen LogP contribution in [0.1, 0.15) is 38.2 Å². The first kappa shape index (κ1) is 13.5. The van der Waals surface area contributed by atoms with Gasteiger partial charge in [-0.2, -0.15) is 0 Å². The van der Waals surface area contributed by atoms with Crippen LogP contribution in [0.25, 0.3) is 0 Å². The summed E-state index contributed by atoms with van der Waals surface area (Å²) in [5.74, 6) is 0. The molecule has 0 N–H and O–H groups in total. The molecule has 0 aliphatic carbocycles. The van der Waals surface area contributed by atoms with Gasteiger partial charge in [-0.15, -0.1) is 0 Å². The molecule has 1 aromatic heterocycles. The van der Waals surface area contributed by atoms with Gasteiger partial charge in [0, 0.05) is 6.20 Å². The molecule has 0 atom stereocenters. The van der Waals surface area contributed by atoms with Gasteiger partial charge in [0.05, 0.1) is 16.8 Å². The predicted octanol–water partition coefficient (Wildman–Crippen LogP) is 1.24. The van der Waals surface area contributed by atoms with Crippen molar-refractivity contribution >= 4 is 30.6 Å². The Bertz CT molecular complexity index is 477. The highest BCUT2D eigenvalue weighted by atomic mass is 35.5. The second kappa shape index (κ2) is 4.29. The monoisotopic (exact) mass is 268 g/mol. The number of carbonyl (C=O) groups excluding carboxylic acids is 1. The third-order valence-electron chi connectivity index (χ3n) is 3.38. The Morgan fingerprint density at radius 3 is 2.28 bits per heavy atom. The molecule has 0 saturated carbocycles. The summed E-state index contributed by atoms with van der Waals surface area (Å²) < 4.78 is 11.6. The Kier molecular flexibility index (Phi) is 3.21. The molecule has 0 unspecified atom stereocenters. The van der Waals surface area contributed by atoms with Crippen LogP contribution in [0.15, 0.2) is 6.20 Å². The Balaban J connectivity index is 2.30. The summed E-state index contributed by atoms with van der Waals surface area (Å²) in [6.45, 7) is 7.79. The van der Waals surface area contributed by atoms with Crippen molar-refractivity contribution in [3.63, 3.8) is 0 Å². The van der Waals surface area contributed by atoms with E-state index in [1.54, 1.807) is 0 Å². The van der Waals surface area contributed by atoms with Crippen molar-refractivity contribution in [1.29, 1.82) is 0 Å². The molecule has 96 valence electrons. The minimum atomic E-state index is -0.624. The van der Waals surface area contributed by atoms with E-state index in [2.05, 4.69) is 9.97 Å². The van der Waals surface area contributed by atoms with Gasteiger partial charge < -0.3 is 9.31 Å². The largest absolute Gasteiger partial charge is 0.516 e. The van der Waals surface area contributed by atoms with Gasteiger partial charge in [0.1, 0.15) is 5.69 Å². The number of rotatable bonds is 2. The molecule has 1 saturated heterocycles. The van der Waals surface area contributed by atoms with E-state index in [0.717, 1.165) is 0 Å². The normalized spacial score (nSPS) is 21.1. The second-order valence-corrected chi connectivity index (χ2v) is 5.54. The third-order valence-corrected chi connectivity index (χ3v) is 3.66. The SMILES string of the molecule is CC1(C)OB(c2cnc(C=O)c(Cl)n2)OC1(C)C. The van der Waals surface area contributed by atoms with Gasteiger partial charge in [-0.1, -0.05) is 11.6 Å². The molecule has 5 nitrogen and oxygen atoms in total. The maximum Gasteiger partial charge on any atom is 0.516 e. The molecular formula is C11H14BClN2O3. The lowest BCUT2D eigenvalue weighted by atomic mass is 9.85. The van der Waals surface area contributed by atoms with Crippen LogP contribution in [0.4, 0.5) is 0 Å². The zero-order chi connectivity index (χ0) is 13.6. The van der Waals surface area contributed by atoms with E-state index in [4.69, 9.17) is 20.9 Å². The van der Waals surface area contributed by atoms with Crippen LogP contribution >= 0.6 is 11.6 Å². The average molecular weight is 269 g/mol. The maximum absolute atomic E-state index is 10.6. The van der Waals surface area contributed by atoms with Crippen molar-refractivity contribution in [2.75, 3.05) is 0 Å². The van der Waals surface area contributed by atoms with Gasteiger partial charge >= 0.3 is 7.12 Å². The molecule has 1 fully saturated rings. The molecule has 0 bridgehead atoms. The number of halogens is 1. The number of carbonyl (C=O) groups is 1. The minimum absolute atomic E-state index is 0.0530. The van der Waals surface area contributed by atoms with E-state index in [0.29, 0.717) is 11.9 Å². The van der Waals surface area contributed by atoms with E-state index in [1.807, 2.05) is 27.7 Å². The molecule has 2 heterocycles. The fraction of sp³-hybridized carbons (Fsp3) is 0.545. The Morgan fingerprint density at radius 1 is 1.28 bits per heavy atom. The Labute approximate surface area is 111 Å². The predicted molar refractivity (Wildman–Crippen MR) is 68.1 cm³/mol. The first-order valence-electron chi connectivity index (χ1n) is 5.60. The van der Waals surface area contributed by atoms with E-state index in [9.17, 15) is 4.79 Å². The minimum Gasteiger partial charge on any atom is -0.398 e. The van der Waals surface area contributed by atoms with Crippen molar-refractivity contribution in [3.8, 4) is 0 Å². The van der Waals surface area contributed by atoms with Gasteiger partial charge in [-0.3, -0.25) is 4.79 Å². The summed E-state index contributed by atoms with van der Waals surface area (Å²) in [4.78, 5) is 18.6. The highest BCUT2D eigenvalue weighted by Crippen LogP contribution is 2.36. The van der Waals surface area contributed by atoms with Crippen molar-refractivity contribution in [2.24, 2.45) is 0 Å². The van der Waals surface area contributed by atoms with E-state index >= 15 is 0 Å². The molecule has 0 spiro atoms. The molecule has 1 aliphatic rings. The standard InChI is InChI=1S/C11H14BClN2O3/c1-10(2)11(3,4)18-12(17-10)8-5-14-7(6-16)9(13)15-8/h5-6H,1-4H3. The molecule has 1 aliphatic heterocycles. The van der Waals surface area contributed by atoms with Gasteiger partial charge in [0.15, 0.2) is 11.4 Å². The van der Waals surface area contributed by atoms with Crippen LogP contribution in [0.5, 0.6) is 0 Å². The van der Waals surface area contributed by atoms with Crippen LogP contribution in [-0.4, -0.2) is 34.6 Å². The number of hydrogen-bond acceptors (Lipinski definition) is 5. The fourth-order valence-corrected chi connectivity index (χ4v) is 1.74. The molecule has 0 amide bonds. The highest BCUT2D eigenvalue weighted by molar-refractivity contribution is 6.61. The average Bonchev–Trinajstić information content (AvgIpc) is 2.48. The first-order chi connectivity index (χ1) is 8.27. The molecule has 7 heteroatoms. The number of aldehydes is 1. The maximum atomic E-state index is 10.6. The molecule has 0 radical (unpaired) electrons. The third kappa shape index (κ3) is 2.16. The van der Waals surface area contributed by atoms with E-state index in [1.165, 1.54) is 6.20 Å². The fourth-order valence-electron chi connectivity index (χ4n) is 1.54. The molecule has 1 aromatic rings. The Morgan fingerprint density at radius 2 is 1.83 bits per heavy atom. The second-order valence-electron chi connectivity index (χ2n) is 5.18. The smallest absolute Gasteiger partial charge is 0.398 e. The quantitative estimate of drug-likeness (QED) is 0.596. The van der Waals surface area contributed by atoms with Crippen LogP contribution in [-0.2, 0) is 9.31 Å². The van der Waals surface area contributed by atoms with Gasteiger partial charge in [-0.05, 0) is 27.7 Å². The van der Waals surface area contributed by atoms with E-state index < -0.39 is 18.3 Å². The van der Waals surface area contributed by atoms with Gasteiger partial charge in [0.2, 0.25) is 0 Å². The van der Waals surface area contributed by atoms with Crippen LogP contribution < -0.4 is 5.59 Å². The topological polar surface area (TPSA) is 61.3 Å². The summed E-state index contributed by atoms with van der Waals surface area (Å²) >= 11 is 5.83. The molecule has 2 rings (SSSR count). The zero-order valence-electron chi connectivity index (χ0n) is 10.7. The van der Waals surface area contributed by atoms with Gasteiger partial charge in [-0.25, -0.2) is 9.97 Å². The highest BCUT2D eigenvalue weighted by Gasteiger charge is 2.52. The molecule has 18 heavy (non-hydrogen) atoms. The van der Waals surface area contributed by atoms with E-state index in [-0.39, 0.29) is 10.8 Å². The van der Waals surface area contributed by atoms with Crippen LogP contribution in [0, 0.1) is 0 Å². The molecular weight excluding hydrogens is 254 g/mol.